The molecule has 3 aromatic carbocycles. The Labute approximate surface area is 400 Å². The van der Waals surface area contributed by atoms with Crippen LogP contribution in [0.2, 0.25) is 0 Å². The van der Waals surface area contributed by atoms with Crippen LogP contribution in [0.15, 0.2) is 85.2 Å². The number of hydrogen-bond acceptors (Lipinski definition) is 12. The number of aromatic nitrogens is 2. The fourth-order valence-electron chi connectivity index (χ4n) is 10.7. The second-order valence-electron chi connectivity index (χ2n) is 19.3. The Hall–Kier alpha value is -7.38. The summed E-state index contributed by atoms with van der Waals surface area (Å²) >= 11 is 0. The van der Waals surface area contributed by atoms with Crippen LogP contribution in [0, 0.1) is 23.0 Å². The number of hydrogen-bond donors (Lipinski definition) is 4. The average molecular weight is 953 g/mol. The van der Waals surface area contributed by atoms with Gasteiger partial charge in [-0.25, -0.2) is 13.8 Å². The van der Waals surface area contributed by atoms with Gasteiger partial charge < -0.3 is 30.5 Å². The van der Waals surface area contributed by atoms with Crippen LogP contribution in [0.25, 0.3) is 10.9 Å². The fourth-order valence-corrected chi connectivity index (χ4v) is 10.7. The molecule has 2 bridgehead atoms. The van der Waals surface area contributed by atoms with Crippen LogP contribution in [0.3, 0.4) is 0 Å². The molecule has 5 aromatic rings. The number of ether oxygens (including phenoxy) is 1. The van der Waals surface area contributed by atoms with Crippen molar-refractivity contribution in [1.29, 1.82) is 0 Å². The minimum absolute atomic E-state index is 0.171. The van der Waals surface area contributed by atoms with Crippen molar-refractivity contribution in [2.75, 3.05) is 60.1 Å². The molecule has 6 fully saturated rings. The van der Waals surface area contributed by atoms with Gasteiger partial charge in [-0.2, -0.15) is 0 Å². The summed E-state index contributed by atoms with van der Waals surface area (Å²) in [5, 5.41) is 11.3. The Morgan fingerprint density at radius 3 is 2.21 bits per heavy atom. The molecule has 7 aliphatic rings. The van der Waals surface area contributed by atoms with E-state index in [2.05, 4.69) is 45.9 Å². The quantitative estimate of drug-likeness (QED) is 0.0864. The minimum atomic E-state index is -1.20. The van der Waals surface area contributed by atoms with Crippen molar-refractivity contribution in [2.24, 2.45) is 11.3 Å². The first-order chi connectivity index (χ1) is 33.8. The SMILES string of the molecule is O=C1CCC(N2Cc3cc(NC(=O)CN4C5CC4CN(CC4CCN(c6cc7nccc(Oc8ccc(NC(=O)C9(C(=O)Nc%10ccc(F)cc%10)CC9)cc8)c7cc6F)CC4)C5)ncc3C2=O)C(=O)N1. The largest absolute Gasteiger partial charge is 0.457 e. The molecular weight excluding hydrogens is 903 g/mol. The molecule has 19 heteroatoms. The zero-order chi connectivity index (χ0) is 48.3. The topological polar surface area (TPSA) is 199 Å². The lowest BCUT2D eigenvalue weighted by Crippen LogP contribution is -2.70. The van der Waals surface area contributed by atoms with Gasteiger partial charge in [0, 0.05) is 86.9 Å². The van der Waals surface area contributed by atoms with E-state index in [-0.39, 0.29) is 61.6 Å². The summed E-state index contributed by atoms with van der Waals surface area (Å²) < 4.78 is 35.4. The average Bonchev–Trinajstić information content (AvgIpc) is 4.11. The maximum absolute atomic E-state index is 15.9. The standard InChI is InChI=1S/C51H50F2N10O7/c52-31-1-3-32(4-2-31)56-49(68)51(14-15-51)50(69)57-33-5-7-36(8-6-33)70-43-11-16-54-40-22-42(39(53)21-37(40)43)61-17-12-29(13-18-61)24-60-26-34-20-35(27-60)62(34)28-46(65)58-44-19-30-25-63(48(67)38(30)23-55-44)41-9-10-45(64)59-47(41)66/h1-8,11,16,19,21-23,29,34-35,41H,9-10,12-15,17-18,20,24-28H2,(H,56,68)(H,57,69)(H,55,58,65)(H,59,64,66). The van der Waals surface area contributed by atoms with Crippen LogP contribution in [-0.2, 0) is 30.5 Å². The Morgan fingerprint density at radius 1 is 0.829 bits per heavy atom. The van der Waals surface area contributed by atoms with E-state index in [9.17, 15) is 33.2 Å². The summed E-state index contributed by atoms with van der Waals surface area (Å²) in [6, 6.07) is 18.5. The lowest BCUT2D eigenvalue weighted by atomic mass is 9.86. The molecule has 2 aromatic heterocycles. The first kappa shape index (κ1) is 45.1. The smallest absolute Gasteiger partial charge is 0.256 e. The molecule has 5 saturated heterocycles. The number of pyridine rings is 2. The van der Waals surface area contributed by atoms with Crippen molar-refractivity contribution < 1.29 is 42.3 Å². The monoisotopic (exact) mass is 952 g/mol. The number of anilines is 4. The Kier molecular flexibility index (Phi) is 11.7. The van der Waals surface area contributed by atoms with E-state index in [4.69, 9.17) is 4.74 Å². The minimum Gasteiger partial charge on any atom is -0.457 e. The number of nitrogens with one attached hydrogen (secondary N) is 4. The Morgan fingerprint density at radius 2 is 1.53 bits per heavy atom. The molecule has 0 spiro atoms. The van der Waals surface area contributed by atoms with E-state index in [0.717, 1.165) is 38.9 Å². The molecule has 360 valence electrons. The summed E-state index contributed by atoms with van der Waals surface area (Å²) in [6.07, 6.45) is 7.17. The van der Waals surface area contributed by atoms with E-state index < -0.39 is 35.0 Å². The number of amides is 6. The number of piperidine rings is 3. The van der Waals surface area contributed by atoms with Crippen molar-refractivity contribution >= 4 is 69.2 Å². The number of benzene rings is 3. The number of nitrogens with zero attached hydrogens (tertiary/aromatic N) is 6. The fraction of sp³-hybridized carbons (Fsp3) is 0.373. The van der Waals surface area contributed by atoms with Gasteiger partial charge in [-0.15, -0.1) is 0 Å². The molecule has 3 atom stereocenters. The van der Waals surface area contributed by atoms with E-state index in [0.29, 0.717) is 88.3 Å². The highest BCUT2D eigenvalue weighted by atomic mass is 19.1. The molecule has 1 saturated carbocycles. The summed E-state index contributed by atoms with van der Waals surface area (Å²) in [6.45, 7) is 4.55. The molecule has 70 heavy (non-hydrogen) atoms. The van der Waals surface area contributed by atoms with Crippen LogP contribution in [0.5, 0.6) is 11.5 Å². The van der Waals surface area contributed by atoms with Crippen LogP contribution in [0.1, 0.15) is 60.9 Å². The van der Waals surface area contributed by atoms with Gasteiger partial charge in [0.15, 0.2) is 0 Å². The Bertz CT molecular complexity index is 2930. The van der Waals surface area contributed by atoms with Crippen molar-refractivity contribution in [3.63, 3.8) is 0 Å². The lowest BCUT2D eigenvalue weighted by molar-refractivity contribution is -0.137. The third-order valence-corrected chi connectivity index (χ3v) is 14.7. The number of carbonyl (C=O) groups excluding carboxylic acids is 6. The van der Waals surface area contributed by atoms with E-state index in [1.165, 1.54) is 41.4 Å². The van der Waals surface area contributed by atoms with Crippen LogP contribution in [-0.4, -0.2) is 118 Å². The lowest BCUT2D eigenvalue weighted by Gasteiger charge is -2.56. The molecular formula is C51H50F2N10O7. The molecule has 6 amide bonds. The second-order valence-corrected chi connectivity index (χ2v) is 19.3. The van der Waals surface area contributed by atoms with Gasteiger partial charge in [0.05, 0.1) is 23.3 Å². The molecule has 0 radical (unpaired) electrons. The number of imide groups is 1. The van der Waals surface area contributed by atoms with Gasteiger partial charge in [-0.05, 0) is 123 Å². The second kappa shape index (κ2) is 18.2. The van der Waals surface area contributed by atoms with Gasteiger partial charge in [-0.1, -0.05) is 0 Å². The van der Waals surface area contributed by atoms with E-state index >= 15 is 4.39 Å². The maximum Gasteiger partial charge on any atom is 0.256 e. The highest BCUT2D eigenvalue weighted by Gasteiger charge is 2.56. The van der Waals surface area contributed by atoms with Crippen LogP contribution < -0.4 is 30.9 Å². The van der Waals surface area contributed by atoms with Gasteiger partial charge >= 0.3 is 0 Å². The van der Waals surface area contributed by atoms with E-state index in [1.807, 2.05) is 0 Å². The van der Waals surface area contributed by atoms with Gasteiger partial charge in [-0.3, -0.25) is 48.9 Å². The highest BCUT2D eigenvalue weighted by molar-refractivity contribution is 6.17. The molecule has 3 unspecified atom stereocenters. The predicted molar refractivity (Wildman–Crippen MR) is 253 cm³/mol. The van der Waals surface area contributed by atoms with Crippen molar-refractivity contribution in [1.82, 2.24) is 30.0 Å². The normalized spacial score (nSPS) is 22.0. The van der Waals surface area contributed by atoms with Gasteiger partial charge in [0.25, 0.3) is 5.91 Å². The summed E-state index contributed by atoms with van der Waals surface area (Å²) in [5.74, 6) is -1.28. The van der Waals surface area contributed by atoms with Crippen LogP contribution >= 0.6 is 0 Å². The molecule has 8 heterocycles. The van der Waals surface area contributed by atoms with E-state index in [1.54, 1.807) is 48.7 Å². The molecule has 17 nitrogen and oxygen atoms in total. The predicted octanol–water partition coefficient (Wildman–Crippen LogP) is 5.43. The zero-order valence-corrected chi connectivity index (χ0v) is 38.1. The molecule has 12 rings (SSSR count). The molecule has 1 aliphatic carbocycles. The molecule has 6 aliphatic heterocycles. The van der Waals surface area contributed by atoms with Crippen molar-refractivity contribution in [2.45, 2.75) is 69.6 Å². The first-order valence-electron chi connectivity index (χ1n) is 23.8. The number of rotatable bonds is 13. The summed E-state index contributed by atoms with van der Waals surface area (Å²) in [4.78, 5) is 93.6. The van der Waals surface area contributed by atoms with Gasteiger partial charge in [0.2, 0.25) is 29.5 Å². The van der Waals surface area contributed by atoms with Crippen LogP contribution in [0.4, 0.5) is 31.7 Å². The first-order valence-corrected chi connectivity index (χ1v) is 23.8. The van der Waals surface area contributed by atoms with Crippen molar-refractivity contribution in [3.8, 4) is 11.5 Å². The Balaban J connectivity index is 0.636. The highest BCUT2D eigenvalue weighted by Crippen LogP contribution is 2.48. The number of piperazine rings is 1. The number of fused-ring (bicyclic) bond motifs is 4. The summed E-state index contributed by atoms with van der Waals surface area (Å²) in [7, 11) is 0. The molecule has 4 N–H and O–H groups in total. The number of carbonyl (C=O) groups is 6. The summed E-state index contributed by atoms with van der Waals surface area (Å²) in [5.41, 5.74) is 1.84. The maximum atomic E-state index is 15.9. The van der Waals surface area contributed by atoms with Gasteiger partial charge in [0.1, 0.15) is 40.4 Å². The third-order valence-electron chi connectivity index (χ3n) is 14.7. The van der Waals surface area contributed by atoms with Crippen molar-refractivity contribution in [3.05, 3.63) is 108 Å². The number of halogens is 2. The third kappa shape index (κ3) is 8.90. The zero-order valence-electron chi connectivity index (χ0n) is 38.1.